The molecule has 0 aliphatic carbocycles. The highest BCUT2D eigenvalue weighted by Crippen LogP contribution is 2.30. The summed E-state index contributed by atoms with van der Waals surface area (Å²) < 4.78 is 11.0. The number of nitrogens with zero attached hydrogens (tertiary/aromatic N) is 1. The summed E-state index contributed by atoms with van der Waals surface area (Å²) in [5.41, 5.74) is 0.456. The molecule has 0 aliphatic rings. The molecule has 0 saturated carbocycles. The van der Waals surface area contributed by atoms with Crippen molar-refractivity contribution in [2.24, 2.45) is 0 Å². The molecule has 0 atom stereocenters. The fourth-order valence-corrected chi connectivity index (χ4v) is 1.68. The van der Waals surface area contributed by atoms with E-state index >= 15 is 0 Å². The normalized spacial score (nSPS) is 10.1. The highest BCUT2D eigenvalue weighted by atomic mass is 79.9. The standard InChI is InChI=1S/C11H9BrN2O4/c1-17-9-3-2-6(12)4-7(9)13-11-14-8(5-18-11)10(15)16/h2-5H,1H3,(H,13,14)(H,15,16). The molecule has 2 rings (SSSR count). The van der Waals surface area contributed by atoms with Gasteiger partial charge in [-0.3, -0.25) is 0 Å². The van der Waals surface area contributed by atoms with Crippen molar-refractivity contribution < 1.29 is 19.1 Å². The maximum Gasteiger partial charge on any atom is 0.357 e. The van der Waals surface area contributed by atoms with Gasteiger partial charge in [0.2, 0.25) is 0 Å². The summed E-state index contributed by atoms with van der Waals surface area (Å²) in [6.45, 7) is 0. The minimum atomic E-state index is -1.15. The highest BCUT2D eigenvalue weighted by Gasteiger charge is 2.12. The number of methoxy groups -OCH3 is 1. The summed E-state index contributed by atoms with van der Waals surface area (Å²) in [5.74, 6) is -0.554. The predicted molar refractivity (Wildman–Crippen MR) is 67.4 cm³/mol. The number of rotatable bonds is 4. The highest BCUT2D eigenvalue weighted by molar-refractivity contribution is 9.10. The van der Waals surface area contributed by atoms with Gasteiger partial charge < -0.3 is 19.6 Å². The first kappa shape index (κ1) is 12.4. The molecule has 0 aliphatic heterocycles. The van der Waals surface area contributed by atoms with E-state index in [9.17, 15) is 4.79 Å². The van der Waals surface area contributed by atoms with Crippen molar-refractivity contribution in [3.63, 3.8) is 0 Å². The van der Waals surface area contributed by atoms with Crippen LogP contribution in [-0.2, 0) is 0 Å². The lowest BCUT2D eigenvalue weighted by molar-refractivity contribution is 0.0690. The van der Waals surface area contributed by atoms with Gasteiger partial charge in [0.25, 0.3) is 6.01 Å². The number of carboxylic acid groups (broad SMARTS) is 1. The first-order valence-corrected chi connectivity index (χ1v) is 5.69. The van der Waals surface area contributed by atoms with E-state index in [4.69, 9.17) is 14.3 Å². The molecule has 0 radical (unpaired) electrons. The molecule has 94 valence electrons. The average Bonchev–Trinajstić information content (AvgIpc) is 2.78. The average molecular weight is 313 g/mol. The van der Waals surface area contributed by atoms with Gasteiger partial charge in [-0.15, -0.1) is 0 Å². The molecule has 0 amide bonds. The van der Waals surface area contributed by atoms with E-state index in [-0.39, 0.29) is 11.7 Å². The zero-order chi connectivity index (χ0) is 13.1. The van der Waals surface area contributed by atoms with Crippen LogP contribution in [0.1, 0.15) is 10.5 Å². The Kier molecular flexibility index (Phi) is 3.52. The summed E-state index contributed by atoms with van der Waals surface area (Å²) in [5, 5.41) is 11.6. The largest absolute Gasteiger partial charge is 0.495 e. The van der Waals surface area contributed by atoms with Crippen LogP contribution in [0.2, 0.25) is 0 Å². The molecule has 18 heavy (non-hydrogen) atoms. The number of nitrogens with one attached hydrogen (secondary N) is 1. The molecule has 7 heteroatoms. The van der Waals surface area contributed by atoms with Gasteiger partial charge in [-0.25, -0.2) is 4.79 Å². The molecule has 0 saturated heterocycles. The quantitative estimate of drug-likeness (QED) is 0.903. The topological polar surface area (TPSA) is 84.6 Å². The number of oxazole rings is 1. The van der Waals surface area contributed by atoms with E-state index in [2.05, 4.69) is 26.2 Å². The molecule has 0 bridgehead atoms. The number of aromatic nitrogens is 1. The molecular weight excluding hydrogens is 304 g/mol. The Balaban J connectivity index is 2.27. The molecule has 0 spiro atoms. The molecular formula is C11H9BrN2O4. The van der Waals surface area contributed by atoms with Crippen molar-refractivity contribution >= 4 is 33.6 Å². The van der Waals surface area contributed by atoms with Crippen LogP contribution in [0.5, 0.6) is 5.75 Å². The summed E-state index contributed by atoms with van der Waals surface area (Å²) >= 11 is 3.33. The van der Waals surface area contributed by atoms with Crippen molar-refractivity contribution in [2.45, 2.75) is 0 Å². The monoisotopic (exact) mass is 312 g/mol. The van der Waals surface area contributed by atoms with Crippen LogP contribution in [0.25, 0.3) is 0 Å². The third kappa shape index (κ3) is 2.62. The predicted octanol–water partition coefficient (Wildman–Crippen LogP) is 2.89. The Labute approximate surface area is 111 Å². The Bertz CT molecular complexity index is 582. The molecule has 6 nitrogen and oxygen atoms in total. The van der Waals surface area contributed by atoms with Gasteiger partial charge in [-0.2, -0.15) is 4.98 Å². The van der Waals surface area contributed by atoms with E-state index in [0.717, 1.165) is 10.7 Å². The smallest absolute Gasteiger partial charge is 0.357 e. The second kappa shape index (κ2) is 5.09. The van der Waals surface area contributed by atoms with Gasteiger partial charge in [0.15, 0.2) is 5.69 Å². The van der Waals surface area contributed by atoms with Crippen LogP contribution >= 0.6 is 15.9 Å². The van der Waals surface area contributed by atoms with Gasteiger partial charge in [0, 0.05) is 4.47 Å². The first-order chi connectivity index (χ1) is 8.60. The fourth-order valence-electron chi connectivity index (χ4n) is 1.32. The second-order valence-corrected chi connectivity index (χ2v) is 4.23. The number of ether oxygens (including phenoxy) is 1. The number of halogens is 1. The summed E-state index contributed by atoms with van der Waals surface area (Å²) in [6.07, 6.45) is 1.06. The molecule has 2 aromatic rings. The molecule has 1 aromatic heterocycles. The molecule has 1 heterocycles. The number of hydrogen-bond acceptors (Lipinski definition) is 5. The summed E-state index contributed by atoms with van der Waals surface area (Å²) in [7, 11) is 1.53. The van der Waals surface area contributed by atoms with Gasteiger partial charge >= 0.3 is 5.97 Å². The van der Waals surface area contributed by atoms with Gasteiger partial charge in [-0.05, 0) is 18.2 Å². The van der Waals surface area contributed by atoms with Crippen molar-refractivity contribution in [2.75, 3.05) is 12.4 Å². The first-order valence-electron chi connectivity index (χ1n) is 4.89. The minimum Gasteiger partial charge on any atom is -0.495 e. The Morgan fingerprint density at radius 2 is 2.33 bits per heavy atom. The fraction of sp³-hybridized carbons (Fsp3) is 0.0909. The second-order valence-electron chi connectivity index (χ2n) is 3.31. The van der Waals surface area contributed by atoms with Crippen molar-refractivity contribution in [3.8, 4) is 5.75 Å². The summed E-state index contributed by atoms with van der Waals surface area (Å²) in [4.78, 5) is 14.4. The van der Waals surface area contributed by atoms with Crippen molar-refractivity contribution in [1.82, 2.24) is 4.98 Å². The maximum atomic E-state index is 10.7. The lowest BCUT2D eigenvalue weighted by atomic mass is 10.3. The minimum absolute atomic E-state index is 0.0869. The van der Waals surface area contributed by atoms with Crippen LogP contribution < -0.4 is 10.1 Å². The Morgan fingerprint density at radius 1 is 1.56 bits per heavy atom. The van der Waals surface area contributed by atoms with Crippen LogP contribution in [0.4, 0.5) is 11.7 Å². The molecule has 0 fully saturated rings. The molecule has 2 N–H and O–H groups in total. The lowest BCUT2D eigenvalue weighted by Crippen LogP contribution is -1.98. The Hall–Kier alpha value is -2.02. The molecule has 1 aromatic carbocycles. The van der Waals surface area contributed by atoms with Gasteiger partial charge in [0.1, 0.15) is 12.0 Å². The lowest BCUT2D eigenvalue weighted by Gasteiger charge is -2.08. The number of hydrogen-bond donors (Lipinski definition) is 2. The Morgan fingerprint density at radius 3 is 2.94 bits per heavy atom. The SMILES string of the molecule is COc1ccc(Br)cc1Nc1nc(C(=O)O)co1. The van der Waals surface area contributed by atoms with Crippen LogP contribution in [0.15, 0.2) is 33.4 Å². The van der Waals surface area contributed by atoms with E-state index < -0.39 is 5.97 Å². The van der Waals surface area contributed by atoms with Crippen molar-refractivity contribution in [3.05, 3.63) is 34.6 Å². The van der Waals surface area contributed by atoms with Gasteiger partial charge in [0.05, 0.1) is 12.8 Å². The zero-order valence-corrected chi connectivity index (χ0v) is 10.9. The van der Waals surface area contributed by atoms with Crippen LogP contribution in [0.3, 0.4) is 0 Å². The number of aromatic carboxylic acids is 1. The molecule has 0 unspecified atom stereocenters. The number of carboxylic acids is 1. The van der Waals surface area contributed by atoms with E-state index in [0.29, 0.717) is 11.4 Å². The maximum absolute atomic E-state index is 10.7. The van der Waals surface area contributed by atoms with E-state index in [1.807, 2.05) is 6.07 Å². The zero-order valence-electron chi connectivity index (χ0n) is 9.31. The van der Waals surface area contributed by atoms with E-state index in [1.54, 1.807) is 12.1 Å². The van der Waals surface area contributed by atoms with E-state index in [1.165, 1.54) is 7.11 Å². The van der Waals surface area contributed by atoms with Crippen molar-refractivity contribution in [1.29, 1.82) is 0 Å². The van der Waals surface area contributed by atoms with Crippen LogP contribution in [0, 0.1) is 0 Å². The number of benzene rings is 1. The summed E-state index contributed by atoms with van der Waals surface area (Å²) in [6, 6.07) is 5.43. The number of anilines is 2. The van der Waals surface area contributed by atoms with Gasteiger partial charge in [-0.1, -0.05) is 15.9 Å². The third-order valence-corrected chi connectivity index (χ3v) is 2.62. The number of carbonyl (C=O) groups is 1. The third-order valence-electron chi connectivity index (χ3n) is 2.13. The van der Waals surface area contributed by atoms with Crippen LogP contribution in [-0.4, -0.2) is 23.2 Å².